The molecule has 0 fully saturated rings. The van der Waals surface area contributed by atoms with Crippen molar-refractivity contribution in [3.63, 3.8) is 0 Å². The third-order valence-electron chi connectivity index (χ3n) is 1.88. The van der Waals surface area contributed by atoms with E-state index in [0.29, 0.717) is 6.54 Å². The highest BCUT2D eigenvalue weighted by Gasteiger charge is 2.12. The highest BCUT2D eigenvalue weighted by molar-refractivity contribution is 5.84. The third kappa shape index (κ3) is 7.78. The van der Waals surface area contributed by atoms with Crippen molar-refractivity contribution in [3.8, 4) is 0 Å². The first-order valence-corrected chi connectivity index (χ1v) is 5.20. The van der Waals surface area contributed by atoms with Crippen LogP contribution in [0.4, 0.5) is 0 Å². The van der Waals surface area contributed by atoms with Gasteiger partial charge in [0.1, 0.15) is 0 Å². The van der Waals surface area contributed by atoms with E-state index in [1.807, 2.05) is 0 Å². The van der Waals surface area contributed by atoms with Crippen molar-refractivity contribution in [2.24, 2.45) is 5.92 Å². The lowest BCUT2D eigenvalue weighted by Gasteiger charge is -2.09. The number of rotatable bonds is 7. The van der Waals surface area contributed by atoms with Gasteiger partial charge in [-0.2, -0.15) is 0 Å². The number of amides is 2. The predicted octanol–water partition coefficient (Wildman–Crippen LogP) is -0.260. The van der Waals surface area contributed by atoms with Crippen LogP contribution in [0.3, 0.4) is 0 Å². The van der Waals surface area contributed by atoms with Gasteiger partial charge in [-0.05, 0) is 12.8 Å². The fourth-order valence-corrected chi connectivity index (χ4v) is 1.20. The molecule has 0 aliphatic heterocycles. The molecule has 0 aromatic rings. The molecule has 0 saturated carbocycles. The number of carbonyl (C=O) groups is 3. The van der Waals surface area contributed by atoms with Crippen LogP contribution >= 0.6 is 0 Å². The number of hydrogen-bond acceptors (Lipinski definition) is 3. The number of carboxylic acid groups (broad SMARTS) is 1. The molecule has 0 spiro atoms. The van der Waals surface area contributed by atoms with Gasteiger partial charge in [0.05, 0.1) is 6.54 Å². The minimum Gasteiger partial charge on any atom is -0.481 e. The molecule has 0 saturated heterocycles. The molecule has 2 amide bonds. The normalized spacial score (nSPS) is 11.6. The van der Waals surface area contributed by atoms with Crippen LogP contribution in [0.25, 0.3) is 0 Å². The maximum atomic E-state index is 11.3. The molecular weight excluding hydrogens is 212 g/mol. The zero-order valence-corrected chi connectivity index (χ0v) is 9.58. The summed E-state index contributed by atoms with van der Waals surface area (Å²) in [7, 11) is 0. The van der Waals surface area contributed by atoms with Crippen LogP contribution in [0.1, 0.15) is 26.7 Å². The summed E-state index contributed by atoms with van der Waals surface area (Å²) in [5.74, 6) is -1.71. The van der Waals surface area contributed by atoms with Crippen LogP contribution in [-0.2, 0) is 14.4 Å². The molecule has 0 heterocycles. The van der Waals surface area contributed by atoms with E-state index in [2.05, 4.69) is 10.6 Å². The minimum atomic E-state index is -0.927. The summed E-state index contributed by atoms with van der Waals surface area (Å²) in [5, 5.41) is 13.5. The maximum Gasteiger partial charge on any atom is 0.303 e. The monoisotopic (exact) mass is 230 g/mol. The Labute approximate surface area is 94.4 Å². The molecule has 16 heavy (non-hydrogen) atoms. The van der Waals surface area contributed by atoms with E-state index in [9.17, 15) is 14.4 Å². The van der Waals surface area contributed by atoms with Gasteiger partial charge >= 0.3 is 5.97 Å². The second-order valence-corrected chi connectivity index (χ2v) is 3.64. The lowest BCUT2D eigenvalue weighted by atomic mass is 10.0. The van der Waals surface area contributed by atoms with Gasteiger partial charge in [-0.3, -0.25) is 14.4 Å². The lowest BCUT2D eigenvalue weighted by Crippen LogP contribution is -2.37. The Bertz CT molecular complexity index is 266. The second-order valence-electron chi connectivity index (χ2n) is 3.64. The number of hydrogen-bond donors (Lipinski definition) is 3. The Hall–Kier alpha value is -1.59. The Kier molecular flexibility index (Phi) is 6.91. The second kappa shape index (κ2) is 7.67. The zero-order chi connectivity index (χ0) is 12.6. The number of carboxylic acids is 1. The largest absolute Gasteiger partial charge is 0.481 e. The van der Waals surface area contributed by atoms with Crippen molar-refractivity contribution in [2.45, 2.75) is 26.7 Å². The number of nitrogens with one attached hydrogen (secondary N) is 2. The fraction of sp³-hybridized carbons (Fsp3) is 0.700. The first-order valence-electron chi connectivity index (χ1n) is 5.20. The Morgan fingerprint density at radius 2 is 1.75 bits per heavy atom. The first-order chi connectivity index (χ1) is 7.45. The molecule has 0 aromatic heterocycles. The van der Waals surface area contributed by atoms with Crippen molar-refractivity contribution >= 4 is 17.8 Å². The molecule has 0 aliphatic rings. The van der Waals surface area contributed by atoms with E-state index >= 15 is 0 Å². The maximum absolute atomic E-state index is 11.3. The SMILES string of the molecule is CCNC(=O)CNC(=O)CC(C)CC(=O)O. The van der Waals surface area contributed by atoms with E-state index in [1.54, 1.807) is 13.8 Å². The third-order valence-corrected chi connectivity index (χ3v) is 1.88. The molecule has 1 unspecified atom stereocenters. The number of carbonyl (C=O) groups excluding carboxylic acids is 2. The number of aliphatic carboxylic acids is 1. The zero-order valence-electron chi connectivity index (χ0n) is 9.58. The van der Waals surface area contributed by atoms with E-state index in [1.165, 1.54) is 0 Å². The lowest BCUT2D eigenvalue weighted by molar-refractivity contribution is -0.138. The Morgan fingerprint density at radius 3 is 2.25 bits per heavy atom. The molecular formula is C10H18N2O4. The highest BCUT2D eigenvalue weighted by atomic mass is 16.4. The molecule has 0 radical (unpaired) electrons. The molecule has 0 aromatic carbocycles. The van der Waals surface area contributed by atoms with Crippen LogP contribution in [0.15, 0.2) is 0 Å². The van der Waals surface area contributed by atoms with Gasteiger partial charge in [0.2, 0.25) is 11.8 Å². The first kappa shape index (κ1) is 14.4. The van der Waals surface area contributed by atoms with Gasteiger partial charge in [0.25, 0.3) is 0 Å². The summed E-state index contributed by atoms with van der Waals surface area (Å²) < 4.78 is 0. The molecule has 0 bridgehead atoms. The Balaban J connectivity index is 3.73. The van der Waals surface area contributed by atoms with Gasteiger partial charge in [0, 0.05) is 19.4 Å². The van der Waals surface area contributed by atoms with Gasteiger partial charge in [-0.1, -0.05) is 6.92 Å². The average molecular weight is 230 g/mol. The summed E-state index contributed by atoms with van der Waals surface area (Å²) in [5.41, 5.74) is 0. The smallest absolute Gasteiger partial charge is 0.303 e. The molecule has 0 rings (SSSR count). The van der Waals surface area contributed by atoms with E-state index in [4.69, 9.17) is 5.11 Å². The van der Waals surface area contributed by atoms with Crippen LogP contribution in [0, 0.1) is 5.92 Å². The van der Waals surface area contributed by atoms with Crippen molar-refractivity contribution < 1.29 is 19.5 Å². The molecule has 0 aliphatic carbocycles. The quantitative estimate of drug-likeness (QED) is 0.561. The van der Waals surface area contributed by atoms with Gasteiger partial charge in [-0.15, -0.1) is 0 Å². The topological polar surface area (TPSA) is 95.5 Å². The average Bonchev–Trinajstić information content (AvgIpc) is 2.13. The van der Waals surface area contributed by atoms with Crippen molar-refractivity contribution in [3.05, 3.63) is 0 Å². The number of likely N-dealkylation sites (N-methyl/N-ethyl adjacent to an activating group) is 1. The van der Waals surface area contributed by atoms with Crippen molar-refractivity contribution in [1.82, 2.24) is 10.6 Å². The summed E-state index contributed by atoms with van der Waals surface area (Å²) in [6.45, 7) is 3.92. The molecule has 92 valence electrons. The van der Waals surface area contributed by atoms with E-state index < -0.39 is 5.97 Å². The van der Waals surface area contributed by atoms with Crippen molar-refractivity contribution in [2.75, 3.05) is 13.1 Å². The fourth-order valence-electron chi connectivity index (χ4n) is 1.20. The summed E-state index contributed by atoms with van der Waals surface area (Å²) in [6.07, 6.45) is 0.0697. The summed E-state index contributed by atoms with van der Waals surface area (Å²) >= 11 is 0. The standard InChI is InChI=1S/C10H18N2O4/c1-3-11-9(14)6-12-8(13)4-7(2)5-10(15)16/h7H,3-6H2,1-2H3,(H,11,14)(H,12,13)(H,15,16). The van der Waals surface area contributed by atoms with Gasteiger partial charge in [-0.25, -0.2) is 0 Å². The summed E-state index contributed by atoms with van der Waals surface area (Å²) in [6, 6.07) is 0. The van der Waals surface area contributed by atoms with Crippen LogP contribution < -0.4 is 10.6 Å². The molecule has 3 N–H and O–H groups in total. The highest BCUT2D eigenvalue weighted by Crippen LogP contribution is 2.06. The molecule has 6 nitrogen and oxygen atoms in total. The minimum absolute atomic E-state index is 0.0470. The van der Waals surface area contributed by atoms with Crippen LogP contribution in [0.2, 0.25) is 0 Å². The van der Waals surface area contributed by atoms with Crippen LogP contribution in [0.5, 0.6) is 0 Å². The van der Waals surface area contributed by atoms with Gasteiger partial charge in [0.15, 0.2) is 0 Å². The summed E-state index contributed by atoms with van der Waals surface area (Å²) in [4.78, 5) is 32.6. The van der Waals surface area contributed by atoms with E-state index in [-0.39, 0.29) is 37.1 Å². The predicted molar refractivity (Wildman–Crippen MR) is 57.7 cm³/mol. The van der Waals surface area contributed by atoms with Gasteiger partial charge < -0.3 is 15.7 Å². The molecule has 1 atom stereocenters. The van der Waals surface area contributed by atoms with E-state index in [0.717, 1.165) is 0 Å². The molecule has 6 heteroatoms. The van der Waals surface area contributed by atoms with Crippen LogP contribution in [-0.4, -0.2) is 36.0 Å². The Morgan fingerprint density at radius 1 is 1.12 bits per heavy atom. The van der Waals surface area contributed by atoms with Crippen molar-refractivity contribution in [1.29, 1.82) is 0 Å².